The predicted molar refractivity (Wildman–Crippen MR) is 109 cm³/mol. The number of benzene rings is 3. The van der Waals surface area contributed by atoms with E-state index in [4.69, 9.17) is 0 Å². The molecule has 4 rings (SSSR count). The minimum Gasteiger partial charge on any atom is -0.258 e. The number of nitrogens with zero attached hydrogens (tertiary/aromatic N) is 3. The van der Waals surface area contributed by atoms with Crippen molar-refractivity contribution in [2.75, 3.05) is 5.43 Å². The highest BCUT2D eigenvalue weighted by Gasteiger charge is 2.09. The summed E-state index contributed by atoms with van der Waals surface area (Å²) in [6, 6.07) is 20.6. The fourth-order valence-corrected chi connectivity index (χ4v) is 3.43. The molecular formula is C20H14N4O2S. The smallest absolute Gasteiger partial charge is 0.258 e. The van der Waals surface area contributed by atoms with Crippen molar-refractivity contribution in [3.05, 3.63) is 87.8 Å². The maximum atomic E-state index is 10.9. The largest absolute Gasteiger partial charge is 0.270 e. The number of thiazole rings is 1. The molecule has 0 aliphatic rings. The number of nitrogens with one attached hydrogen (secondary N) is 1. The van der Waals surface area contributed by atoms with Gasteiger partial charge >= 0.3 is 0 Å². The molecule has 1 N–H and O–H groups in total. The molecule has 0 bridgehead atoms. The molecule has 0 unspecified atom stereocenters. The maximum Gasteiger partial charge on any atom is 0.270 e. The molecule has 1 aromatic heterocycles. The number of aromatic nitrogens is 1. The lowest BCUT2D eigenvalue weighted by Gasteiger charge is -2.01. The molecule has 0 aliphatic heterocycles. The van der Waals surface area contributed by atoms with Gasteiger partial charge in [0.2, 0.25) is 5.13 Å². The SMILES string of the molecule is O=[N+]([O-])c1cccc(-c2csc(N/N=C/c3cccc4ccccc34)n2)c1. The van der Waals surface area contributed by atoms with Crippen molar-refractivity contribution in [1.82, 2.24) is 4.98 Å². The van der Waals surface area contributed by atoms with E-state index in [0.29, 0.717) is 16.4 Å². The number of hydrazone groups is 1. The Morgan fingerprint density at radius 2 is 1.89 bits per heavy atom. The molecule has 0 fully saturated rings. The highest BCUT2D eigenvalue weighted by Crippen LogP contribution is 2.27. The summed E-state index contributed by atoms with van der Waals surface area (Å²) in [6.45, 7) is 0. The number of hydrogen-bond acceptors (Lipinski definition) is 6. The van der Waals surface area contributed by atoms with Crippen molar-refractivity contribution in [1.29, 1.82) is 0 Å². The van der Waals surface area contributed by atoms with E-state index in [9.17, 15) is 10.1 Å². The Hall–Kier alpha value is -3.58. The summed E-state index contributed by atoms with van der Waals surface area (Å²) in [7, 11) is 0. The van der Waals surface area contributed by atoms with Crippen LogP contribution in [0.1, 0.15) is 5.56 Å². The fraction of sp³-hybridized carbons (Fsp3) is 0. The third-order valence-electron chi connectivity index (χ3n) is 4.04. The van der Waals surface area contributed by atoms with Gasteiger partial charge in [-0.2, -0.15) is 5.10 Å². The van der Waals surface area contributed by atoms with Crippen molar-refractivity contribution < 1.29 is 4.92 Å². The van der Waals surface area contributed by atoms with Gasteiger partial charge in [0.05, 0.1) is 16.8 Å². The van der Waals surface area contributed by atoms with Gasteiger partial charge in [0.15, 0.2) is 0 Å². The molecule has 132 valence electrons. The zero-order valence-electron chi connectivity index (χ0n) is 14.1. The number of nitro benzene ring substituents is 1. The summed E-state index contributed by atoms with van der Waals surface area (Å²) in [4.78, 5) is 14.9. The lowest BCUT2D eigenvalue weighted by Crippen LogP contribution is -1.91. The summed E-state index contributed by atoms with van der Waals surface area (Å²) < 4.78 is 0. The van der Waals surface area contributed by atoms with E-state index in [1.165, 1.54) is 23.5 Å². The number of anilines is 1. The van der Waals surface area contributed by atoms with Gasteiger partial charge in [-0.05, 0) is 10.8 Å². The van der Waals surface area contributed by atoms with E-state index in [0.717, 1.165) is 16.3 Å². The van der Waals surface area contributed by atoms with Crippen molar-refractivity contribution in [3.8, 4) is 11.3 Å². The van der Waals surface area contributed by atoms with E-state index in [2.05, 4.69) is 33.7 Å². The predicted octanol–water partition coefficient (Wildman–Crippen LogP) is 5.32. The maximum absolute atomic E-state index is 10.9. The van der Waals surface area contributed by atoms with Gasteiger partial charge in [0.25, 0.3) is 5.69 Å². The van der Waals surface area contributed by atoms with Crippen molar-refractivity contribution in [3.63, 3.8) is 0 Å². The molecule has 0 saturated heterocycles. The Bertz CT molecular complexity index is 1150. The summed E-state index contributed by atoms with van der Waals surface area (Å²) in [6.07, 6.45) is 1.76. The number of hydrogen-bond donors (Lipinski definition) is 1. The van der Waals surface area contributed by atoms with Crippen LogP contribution in [0.4, 0.5) is 10.8 Å². The molecule has 0 saturated carbocycles. The first-order chi connectivity index (χ1) is 13.2. The first-order valence-electron chi connectivity index (χ1n) is 8.18. The van der Waals surface area contributed by atoms with Crippen molar-refractivity contribution >= 4 is 39.1 Å². The van der Waals surface area contributed by atoms with Gasteiger partial charge in [0, 0.05) is 28.6 Å². The van der Waals surface area contributed by atoms with Crippen LogP contribution in [-0.4, -0.2) is 16.1 Å². The highest BCUT2D eigenvalue weighted by atomic mass is 32.1. The average molecular weight is 374 g/mol. The van der Waals surface area contributed by atoms with Gasteiger partial charge in [0.1, 0.15) is 0 Å². The van der Waals surface area contributed by atoms with Crippen molar-refractivity contribution in [2.24, 2.45) is 5.10 Å². The number of rotatable bonds is 5. The molecule has 1 heterocycles. The second-order valence-electron chi connectivity index (χ2n) is 5.78. The van der Waals surface area contributed by atoms with E-state index >= 15 is 0 Å². The average Bonchev–Trinajstić information content (AvgIpc) is 3.17. The molecule has 4 aromatic rings. The summed E-state index contributed by atoms with van der Waals surface area (Å²) in [5.41, 5.74) is 5.36. The number of nitro groups is 1. The molecule has 0 spiro atoms. The Morgan fingerprint density at radius 1 is 1.07 bits per heavy atom. The number of non-ortho nitro benzene ring substituents is 1. The van der Waals surface area contributed by atoms with Crippen LogP contribution in [-0.2, 0) is 0 Å². The normalized spacial score (nSPS) is 11.1. The first-order valence-corrected chi connectivity index (χ1v) is 9.06. The minimum atomic E-state index is -0.413. The molecule has 3 aromatic carbocycles. The van der Waals surface area contributed by atoms with Crippen LogP contribution < -0.4 is 5.43 Å². The Balaban J connectivity index is 1.52. The summed E-state index contributed by atoms with van der Waals surface area (Å²) in [5, 5.41) is 19.9. The van der Waals surface area contributed by atoms with Gasteiger partial charge in [-0.1, -0.05) is 54.6 Å². The standard InChI is InChI=1S/C20H14N4O2S/c25-24(26)17-9-4-7-15(11-17)19-13-27-20(22-19)23-21-12-16-8-3-6-14-5-1-2-10-18(14)16/h1-13H,(H,22,23)/b21-12+. The van der Waals surface area contributed by atoms with Crippen LogP contribution in [0.2, 0.25) is 0 Å². The summed E-state index contributed by atoms with van der Waals surface area (Å²) in [5.74, 6) is 0. The van der Waals surface area contributed by atoms with Crippen LogP contribution in [0.3, 0.4) is 0 Å². The highest BCUT2D eigenvalue weighted by molar-refractivity contribution is 7.14. The third kappa shape index (κ3) is 3.68. The quantitative estimate of drug-likeness (QED) is 0.291. The minimum absolute atomic E-state index is 0.0454. The topological polar surface area (TPSA) is 80.4 Å². The second-order valence-corrected chi connectivity index (χ2v) is 6.64. The van der Waals surface area contributed by atoms with E-state index < -0.39 is 4.92 Å². The van der Waals surface area contributed by atoms with Gasteiger partial charge in [-0.3, -0.25) is 15.5 Å². The third-order valence-corrected chi connectivity index (χ3v) is 4.79. The molecule has 0 amide bonds. The summed E-state index contributed by atoms with van der Waals surface area (Å²) >= 11 is 1.39. The molecule has 6 nitrogen and oxygen atoms in total. The van der Waals surface area contributed by atoms with Gasteiger partial charge < -0.3 is 0 Å². The first kappa shape index (κ1) is 16.9. The Morgan fingerprint density at radius 3 is 2.78 bits per heavy atom. The van der Waals surface area contributed by atoms with Crippen molar-refractivity contribution in [2.45, 2.75) is 0 Å². The van der Waals surface area contributed by atoms with Gasteiger partial charge in [-0.15, -0.1) is 11.3 Å². The molecule has 0 atom stereocenters. The molecule has 0 radical (unpaired) electrons. The monoisotopic (exact) mass is 374 g/mol. The van der Waals surface area contributed by atoms with Crippen LogP contribution in [0, 0.1) is 10.1 Å². The van der Waals surface area contributed by atoms with E-state index in [1.54, 1.807) is 18.3 Å². The Kier molecular flexibility index (Phi) is 4.59. The lowest BCUT2D eigenvalue weighted by molar-refractivity contribution is -0.384. The fourth-order valence-electron chi connectivity index (χ4n) is 2.76. The van der Waals surface area contributed by atoms with E-state index in [-0.39, 0.29) is 5.69 Å². The van der Waals surface area contributed by atoms with Crippen LogP contribution in [0.5, 0.6) is 0 Å². The second kappa shape index (κ2) is 7.35. The lowest BCUT2D eigenvalue weighted by atomic mass is 10.1. The Labute approximate surface area is 159 Å². The number of fused-ring (bicyclic) bond motifs is 1. The molecule has 7 heteroatoms. The van der Waals surface area contributed by atoms with Crippen LogP contribution >= 0.6 is 11.3 Å². The van der Waals surface area contributed by atoms with Crippen LogP contribution in [0.25, 0.3) is 22.0 Å². The molecule has 0 aliphatic carbocycles. The zero-order valence-corrected chi connectivity index (χ0v) is 14.9. The van der Waals surface area contributed by atoms with E-state index in [1.807, 2.05) is 29.6 Å². The zero-order chi connectivity index (χ0) is 18.6. The molecular weight excluding hydrogens is 360 g/mol. The van der Waals surface area contributed by atoms with Crippen LogP contribution in [0.15, 0.2) is 77.2 Å². The molecule has 27 heavy (non-hydrogen) atoms. The van der Waals surface area contributed by atoms with Gasteiger partial charge in [-0.25, -0.2) is 4.98 Å².